The fraction of sp³-hybridized carbons (Fsp3) is 0.348. The number of carbonyl (C=O) groups is 3. The number of halogens is 1. The lowest BCUT2D eigenvalue weighted by atomic mass is 9.76. The van der Waals surface area contributed by atoms with Crippen molar-refractivity contribution in [1.82, 2.24) is 0 Å². The Morgan fingerprint density at radius 3 is 2.45 bits per heavy atom. The summed E-state index contributed by atoms with van der Waals surface area (Å²) in [6, 6.07) is 11.9. The van der Waals surface area contributed by atoms with Crippen molar-refractivity contribution in [2.45, 2.75) is 33.1 Å². The quantitative estimate of drug-likeness (QED) is 0.737. The molecule has 0 aromatic heterocycles. The Hall–Kier alpha value is -2.66. The monoisotopic (exact) mass is 410 g/mol. The number of nitrogens with zero attached hydrogens (tertiary/aromatic N) is 1. The maximum absolute atomic E-state index is 12.8. The van der Waals surface area contributed by atoms with Gasteiger partial charge in [-0.1, -0.05) is 24.6 Å². The summed E-state index contributed by atoms with van der Waals surface area (Å²) in [5, 5.41) is 3.39. The van der Waals surface area contributed by atoms with Gasteiger partial charge in [-0.2, -0.15) is 0 Å². The molecule has 0 radical (unpaired) electrons. The van der Waals surface area contributed by atoms with Gasteiger partial charge in [0.15, 0.2) is 0 Å². The normalized spacial score (nSPS) is 23.8. The van der Waals surface area contributed by atoms with Crippen molar-refractivity contribution in [3.63, 3.8) is 0 Å². The van der Waals surface area contributed by atoms with E-state index in [0.29, 0.717) is 27.9 Å². The first-order valence-electron chi connectivity index (χ1n) is 9.90. The molecular formula is C23H23ClN2O3. The van der Waals surface area contributed by atoms with E-state index in [1.165, 1.54) is 4.90 Å². The lowest BCUT2D eigenvalue weighted by molar-refractivity contribution is -0.122. The van der Waals surface area contributed by atoms with Gasteiger partial charge in [0.2, 0.25) is 11.8 Å². The van der Waals surface area contributed by atoms with Gasteiger partial charge in [0, 0.05) is 16.3 Å². The van der Waals surface area contributed by atoms with Crippen LogP contribution in [0.5, 0.6) is 0 Å². The zero-order valence-electron chi connectivity index (χ0n) is 16.4. The second-order valence-electron chi connectivity index (χ2n) is 8.10. The first kappa shape index (κ1) is 19.6. The zero-order chi connectivity index (χ0) is 20.7. The van der Waals surface area contributed by atoms with Crippen molar-refractivity contribution in [2.75, 3.05) is 10.2 Å². The fourth-order valence-electron chi connectivity index (χ4n) is 4.33. The number of rotatable bonds is 3. The molecule has 1 saturated heterocycles. The molecule has 1 N–H and O–H groups in total. The van der Waals surface area contributed by atoms with Gasteiger partial charge in [-0.15, -0.1) is 0 Å². The number of hydrogen-bond donors (Lipinski definition) is 1. The number of benzene rings is 2. The molecule has 1 saturated carbocycles. The second-order valence-corrected chi connectivity index (χ2v) is 8.54. The molecule has 1 aliphatic heterocycles. The Morgan fingerprint density at radius 2 is 1.72 bits per heavy atom. The van der Waals surface area contributed by atoms with Crippen LogP contribution in [0.4, 0.5) is 11.4 Å². The highest BCUT2D eigenvalue weighted by atomic mass is 35.5. The molecule has 6 heteroatoms. The Labute approximate surface area is 175 Å². The molecule has 2 fully saturated rings. The van der Waals surface area contributed by atoms with Gasteiger partial charge in [0.05, 0.1) is 17.5 Å². The van der Waals surface area contributed by atoms with Crippen LogP contribution in [-0.2, 0) is 9.59 Å². The van der Waals surface area contributed by atoms with Crippen LogP contribution < -0.4 is 10.2 Å². The summed E-state index contributed by atoms with van der Waals surface area (Å²) in [5.41, 5.74) is 2.52. The summed E-state index contributed by atoms with van der Waals surface area (Å²) < 4.78 is 0. The Morgan fingerprint density at radius 1 is 1.03 bits per heavy atom. The van der Waals surface area contributed by atoms with Crippen LogP contribution in [0, 0.1) is 24.7 Å². The molecule has 5 nitrogen and oxygen atoms in total. The lowest BCUT2D eigenvalue weighted by Crippen LogP contribution is -2.30. The molecule has 2 aromatic rings. The van der Waals surface area contributed by atoms with E-state index in [1.54, 1.807) is 36.4 Å². The number of fused-ring (bicyclic) bond motifs is 1. The molecule has 29 heavy (non-hydrogen) atoms. The number of carbonyl (C=O) groups excluding carboxylic acids is 3. The van der Waals surface area contributed by atoms with E-state index in [9.17, 15) is 14.4 Å². The summed E-state index contributed by atoms with van der Waals surface area (Å²) >= 11 is 6.01. The van der Waals surface area contributed by atoms with Gasteiger partial charge in [0.25, 0.3) is 5.91 Å². The highest BCUT2D eigenvalue weighted by Crippen LogP contribution is 2.42. The largest absolute Gasteiger partial charge is 0.322 e. The number of nitrogens with one attached hydrogen (secondary N) is 1. The Kier molecular flexibility index (Phi) is 5.17. The van der Waals surface area contributed by atoms with Crippen LogP contribution in [0.2, 0.25) is 5.02 Å². The Balaban J connectivity index is 1.52. The van der Waals surface area contributed by atoms with Crippen LogP contribution in [0.3, 0.4) is 0 Å². The molecule has 0 bridgehead atoms. The summed E-state index contributed by atoms with van der Waals surface area (Å²) in [6.07, 6.45) is 2.52. The Bertz CT molecular complexity index is 986. The summed E-state index contributed by atoms with van der Waals surface area (Å²) in [5.74, 6) is -0.443. The van der Waals surface area contributed by atoms with E-state index in [4.69, 9.17) is 11.6 Å². The molecule has 1 heterocycles. The minimum Gasteiger partial charge on any atom is -0.322 e. The molecule has 4 rings (SSSR count). The molecule has 150 valence electrons. The zero-order valence-corrected chi connectivity index (χ0v) is 17.2. The van der Waals surface area contributed by atoms with Crippen LogP contribution in [0.25, 0.3) is 0 Å². The third-order valence-electron chi connectivity index (χ3n) is 6.02. The minimum absolute atomic E-state index is 0.112. The molecule has 3 atom stereocenters. The predicted molar refractivity (Wildman–Crippen MR) is 113 cm³/mol. The predicted octanol–water partition coefficient (Wildman–Crippen LogP) is 4.83. The van der Waals surface area contributed by atoms with Crippen molar-refractivity contribution in [1.29, 1.82) is 0 Å². The highest BCUT2D eigenvalue weighted by Gasteiger charge is 2.49. The maximum atomic E-state index is 12.8. The summed E-state index contributed by atoms with van der Waals surface area (Å²) in [4.78, 5) is 39.5. The van der Waals surface area contributed by atoms with Crippen molar-refractivity contribution in [3.05, 3.63) is 58.6 Å². The first-order chi connectivity index (χ1) is 13.8. The summed E-state index contributed by atoms with van der Waals surface area (Å²) in [6.45, 7) is 4.02. The molecular weight excluding hydrogens is 388 g/mol. The van der Waals surface area contributed by atoms with Gasteiger partial charge >= 0.3 is 0 Å². The number of imide groups is 1. The molecule has 2 aromatic carbocycles. The van der Waals surface area contributed by atoms with E-state index in [1.807, 2.05) is 13.0 Å². The van der Waals surface area contributed by atoms with Gasteiger partial charge < -0.3 is 5.32 Å². The highest BCUT2D eigenvalue weighted by molar-refractivity contribution is 6.31. The third kappa shape index (κ3) is 3.67. The maximum Gasteiger partial charge on any atom is 0.255 e. The number of amides is 3. The second kappa shape index (κ2) is 7.64. The molecule has 3 amide bonds. The van der Waals surface area contributed by atoms with Crippen molar-refractivity contribution in [2.24, 2.45) is 17.8 Å². The van der Waals surface area contributed by atoms with E-state index in [0.717, 1.165) is 24.8 Å². The molecule has 0 unspecified atom stereocenters. The first-order valence-corrected chi connectivity index (χ1v) is 10.3. The average Bonchev–Trinajstić information content (AvgIpc) is 2.94. The van der Waals surface area contributed by atoms with Crippen LogP contribution in [0.1, 0.15) is 42.1 Å². The SMILES string of the molecule is Cc1ccc(Cl)cc1NC(=O)c1ccc(N2C(=O)[C@@H]3CC[C@@H](C)C[C@H]3C2=O)cc1. The van der Waals surface area contributed by atoms with Crippen molar-refractivity contribution in [3.8, 4) is 0 Å². The van der Waals surface area contributed by atoms with Crippen LogP contribution in [-0.4, -0.2) is 17.7 Å². The van der Waals surface area contributed by atoms with Crippen molar-refractivity contribution < 1.29 is 14.4 Å². The standard InChI is InChI=1S/C23H23ClN2O3/c1-13-3-10-18-19(11-13)23(29)26(22(18)28)17-8-5-15(6-9-17)21(27)25-20-12-16(24)7-4-14(20)2/h4-9,12-13,18-19H,3,10-11H2,1-2H3,(H,25,27)/t13-,18-,19-/m1/s1. The topological polar surface area (TPSA) is 66.5 Å². The molecule has 0 spiro atoms. The van der Waals surface area contributed by atoms with Crippen LogP contribution in [0.15, 0.2) is 42.5 Å². The van der Waals surface area contributed by atoms with Gasteiger partial charge in [-0.05, 0) is 74.1 Å². The van der Waals surface area contributed by atoms with Crippen LogP contribution >= 0.6 is 11.6 Å². The fourth-order valence-corrected chi connectivity index (χ4v) is 4.50. The third-order valence-corrected chi connectivity index (χ3v) is 6.26. The number of anilines is 2. The number of aryl methyl sites for hydroxylation is 1. The molecule has 2 aliphatic rings. The van der Waals surface area contributed by atoms with E-state index < -0.39 is 0 Å². The lowest BCUT2D eigenvalue weighted by Gasteiger charge is -2.25. The van der Waals surface area contributed by atoms with Crippen molar-refractivity contribution >= 4 is 40.7 Å². The van der Waals surface area contributed by atoms with E-state index in [-0.39, 0.29) is 29.6 Å². The molecule has 1 aliphatic carbocycles. The van der Waals surface area contributed by atoms with Gasteiger partial charge in [-0.25, -0.2) is 0 Å². The van der Waals surface area contributed by atoms with Gasteiger partial charge in [0.1, 0.15) is 0 Å². The van der Waals surface area contributed by atoms with Gasteiger partial charge in [-0.3, -0.25) is 19.3 Å². The number of hydrogen-bond acceptors (Lipinski definition) is 3. The van der Waals surface area contributed by atoms with E-state index >= 15 is 0 Å². The summed E-state index contributed by atoms with van der Waals surface area (Å²) in [7, 11) is 0. The average molecular weight is 411 g/mol. The van der Waals surface area contributed by atoms with E-state index in [2.05, 4.69) is 12.2 Å². The minimum atomic E-state index is -0.275. The smallest absolute Gasteiger partial charge is 0.255 e.